The summed E-state index contributed by atoms with van der Waals surface area (Å²) in [5.41, 5.74) is 3.38. The van der Waals surface area contributed by atoms with E-state index in [9.17, 15) is 0 Å². The summed E-state index contributed by atoms with van der Waals surface area (Å²) < 4.78 is 1.93. The summed E-state index contributed by atoms with van der Waals surface area (Å²) in [6.07, 6.45) is 4.13. The normalized spacial score (nSPS) is 11.8. The van der Waals surface area contributed by atoms with E-state index in [2.05, 4.69) is 50.7 Å². The lowest BCUT2D eigenvalue weighted by molar-refractivity contribution is 0.573. The Morgan fingerprint density at radius 3 is 2.45 bits per heavy atom. The molecule has 0 spiro atoms. The third-order valence-corrected chi connectivity index (χ3v) is 4.96. The van der Waals surface area contributed by atoms with E-state index in [1.165, 1.54) is 0 Å². The molecule has 0 bridgehead atoms. The van der Waals surface area contributed by atoms with E-state index in [0.29, 0.717) is 0 Å². The molecule has 114 valence electrons. The number of thiazole rings is 1. The van der Waals surface area contributed by atoms with Crippen LogP contribution in [0.25, 0.3) is 16.3 Å². The third kappa shape index (κ3) is 2.96. The lowest BCUT2D eigenvalue weighted by Crippen LogP contribution is -2.11. The quantitative estimate of drug-likeness (QED) is 0.632. The first-order valence-corrected chi connectivity index (χ1v) is 9.25. The molecule has 0 saturated carbocycles. The summed E-state index contributed by atoms with van der Waals surface area (Å²) in [7, 11) is 0. The Morgan fingerprint density at radius 1 is 1.14 bits per heavy atom. The smallest absolute Gasteiger partial charge is 0.129 e. The number of thioether (sulfide) groups is 1. The average molecular weight is 329 g/mol. The van der Waals surface area contributed by atoms with Crippen molar-refractivity contribution in [3.8, 4) is 16.3 Å². The maximum atomic E-state index is 4.82. The first kappa shape index (κ1) is 15.3. The van der Waals surface area contributed by atoms with Crippen molar-refractivity contribution in [3.05, 3.63) is 47.6 Å². The van der Waals surface area contributed by atoms with Gasteiger partial charge in [-0.15, -0.1) is 23.1 Å². The van der Waals surface area contributed by atoms with E-state index in [-0.39, 0.29) is 5.41 Å². The predicted octanol–water partition coefficient (Wildman–Crippen LogP) is 5.02. The molecule has 0 aliphatic heterocycles. The fraction of sp³-hybridized carbons (Fsp3) is 0.294. The van der Waals surface area contributed by atoms with Gasteiger partial charge in [-0.3, -0.25) is 0 Å². The number of nitrogens with zero attached hydrogens (tertiary/aromatic N) is 3. The summed E-state index contributed by atoms with van der Waals surface area (Å²) in [6.45, 7) is 6.57. The number of hydrogen-bond acceptors (Lipinski definition) is 4. The molecule has 3 rings (SSSR count). The van der Waals surface area contributed by atoms with E-state index in [0.717, 1.165) is 27.0 Å². The Labute approximate surface area is 139 Å². The van der Waals surface area contributed by atoms with Gasteiger partial charge in [0.15, 0.2) is 0 Å². The molecule has 1 aromatic carbocycles. The molecule has 0 fully saturated rings. The molecule has 0 radical (unpaired) electrons. The summed E-state index contributed by atoms with van der Waals surface area (Å²) in [5, 5.41) is 8.90. The summed E-state index contributed by atoms with van der Waals surface area (Å²) >= 11 is 3.35. The van der Waals surface area contributed by atoms with Gasteiger partial charge in [0.2, 0.25) is 0 Å². The molecule has 0 N–H and O–H groups in total. The summed E-state index contributed by atoms with van der Waals surface area (Å²) in [4.78, 5) is 4.82. The van der Waals surface area contributed by atoms with Crippen LogP contribution < -0.4 is 0 Å². The molecule has 0 amide bonds. The minimum atomic E-state index is 0.0731. The first-order valence-electron chi connectivity index (χ1n) is 7.14. The molecule has 0 saturated heterocycles. The highest BCUT2D eigenvalue weighted by molar-refractivity contribution is 7.98. The predicted molar refractivity (Wildman–Crippen MR) is 95.2 cm³/mol. The van der Waals surface area contributed by atoms with Crippen LogP contribution in [0.5, 0.6) is 0 Å². The van der Waals surface area contributed by atoms with E-state index < -0.39 is 0 Å². The van der Waals surface area contributed by atoms with Gasteiger partial charge < -0.3 is 0 Å². The van der Waals surface area contributed by atoms with Crippen molar-refractivity contribution in [2.45, 2.75) is 31.2 Å². The summed E-state index contributed by atoms with van der Waals surface area (Å²) in [5.74, 6) is 0. The van der Waals surface area contributed by atoms with Gasteiger partial charge >= 0.3 is 0 Å². The highest BCUT2D eigenvalue weighted by atomic mass is 32.2. The van der Waals surface area contributed by atoms with Gasteiger partial charge in [0.05, 0.1) is 16.9 Å². The molecular formula is C17H19N3S2. The van der Waals surface area contributed by atoms with E-state index in [1.807, 2.05) is 22.9 Å². The number of rotatable bonds is 3. The van der Waals surface area contributed by atoms with Gasteiger partial charge in [-0.2, -0.15) is 5.10 Å². The zero-order valence-electron chi connectivity index (χ0n) is 13.2. The van der Waals surface area contributed by atoms with Gasteiger partial charge in [0, 0.05) is 17.0 Å². The number of hydrogen-bond donors (Lipinski definition) is 0. The Morgan fingerprint density at radius 2 is 1.86 bits per heavy atom. The molecular weight excluding hydrogens is 310 g/mol. The SMILES string of the molecule is CSc1nn(-c2ccccc2)cc1-c1nc(C(C)(C)C)cs1. The lowest BCUT2D eigenvalue weighted by atomic mass is 9.93. The van der Waals surface area contributed by atoms with Crippen molar-refractivity contribution in [2.24, 2.45) is 0 Å². The van der Waals surface area contributed by atoms with Crippen molar-refractivity contribution in [2.75, 3.05) is 6.26 Å². The summed E-state index contributed by atoms with van der Waals surface area (Å²) in [6, 6.07) is 10.2. The number of aromatic nitrogens is 3. The highest BCUT2D eigenvalue weighted by Crippen LogP contribution is 2.34. The Bertz CT molecular complexity index is 767. The topological polar surface area (TPSA) is 30.7 Å². The van der Waals surface area contributed by atoms with Crippen molar-refractivity contribution < 1.29 is 0 Å². The maximum absolute atomic E-state index is 4.82. The van der Waals surface area contributed by atoms with Crippen LogP contribution in [-0.2, 0) is 5.41 Å². The van der Waals surface area contributed by atoms with Crippen LogP contribution in [0.1, 0.15) is 26.5 Å². The lowest BCUT2D eigenvalue weighted by Gasteiger charge is -2.14. The largest absolute Gasteiger partial charge is 0.240 e. The van der Waals surface area contributed by atoms with Crippen molar-refractivity contribution in [1.29, 1.82) is 0 Å². The monoisotopic (exact) mass is 329 g/mol. The molecule has 2 heterocycles. The maximum Gasteiger partial charge on any atom is 0.129 e. The second-order valence-electron chi connectivity index (χ2n) is 6.12. The number of benzene rings is 1. The number of para-hydroxylation sites is 1. The van der Waals surface area contributed by atoms with Crippen LogP contribution >= 0.6 is 23.1 Å². The Hall–Kier alpha value is -1.59. The molecule has 22 heavy (non-hydrogen) atoms. The van der Waals surface area contributed by atoms with Crippen LogP contribution in [0.15, 0.2) is 46.9 Å². The van der Waals surface area contributed by atoms with Gasteiger partial charge in [-0.05, 0) is 18.4 Å². The zero-order chi connectivity index (χ0) is 15.7. The molecule has 2 aromatic heterocycles. The minimum Gasteiger partial charge on any atom is -0.240 e. The second kappa shape index (κ2) is 5.89. The average Bonchev–Trinajstić information content (AvgIpc) is 3.14. The Kier molecular flexibility index (Phi) is 4.10. The van der Waals surface area contributed by atoms with Crippen molar-refractivity contribution >= 4 is 23.1 Å². The van der Waals surface area contributed by atoms with Gasteiger partial charge in [0.1, 0.15) is 10.0 Å². The van der Waals surface area contributed by atoms with E-state index in [1.54, 1.807) is 23.1 Å². The van der Waals surface area contributed by atoms with Crippen LogP contribution in [0, 0.1) is 0 Å². The zero-order valence-corrected chi connectivity index (χ0v) is 14.8. The van der Waals surface area contributed by atoms with Crippen LogP contribution in [0.3, 0.4) is 0 Å². The molecule has 0 aliphatic carbocycles. The van der Waals surface area contributed by atoms with Gasteiger partial charge in [-0.1, -0.05) is 39.0 Å². The van der Waals surface area contributed by atoms with Crippen LogP contribution in [0.2, 0.25) is 0 Å². The van der Waals surface area contributed by atoms with Crippen LogP contribution in [-0.4, -0.2) is 21.0 Å². The molecule has 3 aromatic rings. The molecule has 0 atom stereocenters. The van der Waals surface area contributed by atoms with Gasteiger partial charge in [0.25, 0.3) is 0 Å². The van der Waals surface area contributed by atoms with E-state index >= 15 is 0 Å². The molecule has 5 heteroatoms. The second-order valence-corrected chi connectivity index (χ2v) is 7.77. The van der Waals surface area contributed by atoms with Crippen molar-refractivity contribution in [1.82, 2.24) is 14.8 Å². The van der Waals surface area contributed by atoms with Gasteiger partial charge in [-0.25, -0.2) is 9.67 Å². The van der Waals surface area contributed by atoms with E-state index in [4.69, 9.17) is 10.1 Å². The van der Waals surface area contributed by atoms with Crippen LogP contribution in [0.4, 0.5) is 0 Å². The fourth-order valence-corrected chi connectivity index (χ4v) is 3.77. The standard InChI is InChI=1S/C17H19N3S2/c1-17(2,3)14-11-22-15(18-14)13-10-20(19-16(13)21-4)12-8-6-5-7-9-12/h5-11H,1-4H3. The third-order valence-electron chi connectivity index (χ3n) is 3.40. The molecule has 3 nitrogen and oxygen atoms in total. The molecule has 0 aliphatic rings. The first-order chi connectivity index (χ1) is 10.5. The molecule has 0 unspecified atom stereocenters. The minimum absolute atomic E-state index is 0.0731. The fourth-order valence-electron chi connectivity index (χ4n) is 2.11. The Balaban J connectivity index is 2.04. The highest BCUT2D eigenvalue weighted by Gasteiger charge is 2.20. The van der Waals surface area contributed by atoms with Crippen molar-refractivity contribution in [3.63, 3.8) is 0 Å².